The number of sulfonamides is 1. The third-order valence-corrected chi connectivity index (χ3v) is 9.14. The van der Waals surface area contributed by atoms with E-state index in [1.165, 1.54) is 17.4 Å². The number of carbonyl (C=O) groups excluding carboxylic acids is 2. The van der Waals surface area contributed by atoms with Gasteiger partial charge in [-0.1, -0.05) is 13.0 Å². The summed E-state index contributed by atoms with van der Waals surface area (Å²) in [6.07, 6.45) is -0.576. The van der Waals surface area contributed by atoms with Crippen LogP contribution in [0.3, 0.4) is 0 Å². The number of nitrogens with zero attached hydrogens (tertiary/aromatic N) is 2. The fourth-order valence-electron chi connectivity index (χ4n) is 3.86. The molecule has 2 heterocycles. The summed E-state index contributed by atoms with van der Waals surface area (Å²) in [6, 6.07) is 7.06. The van der Waals surface area contributed by atoms with Crippen molar-refractivity contribution in [3.8, 4) is 5.75 Å². The van der Waals surface area contributed by atoms with Crippen LogP contribution >= 0.6 is 11.3 Å². The molecule has 0 saturated carbocycles. The Hall–Kier alpha value is -2.67. The summed E-state index contributed by atoms with van der Waals surface area (Å²) < 4.78 is 33.8. The summed E-state index contributed by atoms with van der Waals surface area (Å²) in [5.41, 5.74) is 0.626. The Morgan fingerprint density at radius 1 is 1.31 bits per heavy atom. The van der Waals surface area contributed by atoms with E-state index in [0.717, 1.165) is 11.3 Å². The van der Waals surface area contributed by atoms with E-state index in [4.69, 9.17) is 4.74 Å². The molecule has 1 aliphatic rings. The minimum Gasteiger partial charge on any atom is -0.488 e. The number of urea groups is 1. The number of hydrogen-bond acceptors (Lipinski definition) is 7. The third kappa shape index (κ3) is 6.36. The first-order valence-electron chi connectivity index (χ1n) is 11.7. The minimum atomic E-state index is -3.70. The van der Waals surface area contributed by atoms with Crippen LogP contribution in [0.1, 0.15) is 38.1 Å². The van der Waals surface area contributed by atoms with E-state index in [9.17, 15) is 23.1 Å². The van der Waals surface area contributed by atoms with Crippen LogP contribution in [0.4, 0.5) is 10.5 Å². The molecule has 0 fully saturated rings. The molecule has 1 aliphatic heterocycles. The number of fused-ring (bicyclic) bond motifs is 1. The molecule has 12 heteroatoms. The largest absolute Gasteiger partial charge is 0.488 e. The topological polar surface area (TPSA) is 128 Å². The van der Waals surface area contributed by atoms with E-state index >= 15 is 0 Å². The van der Waals surface area contributed by atoms with Gasteiger partial charge in [-0.2, -0.15) is 4.31 Å². The van der Waals surface area contributed by atoms with E-state index in [1.807, 2.05) is 20.8 Å². The van der Waals surface area contributed by atoms with Crippen LogP contribution in [0, 0.1) is 5.92 Å². The van der Waals surface area contributed by atoms with Gasteiger partial charge < -0.3 is 25.4 Å². The lowest BCUT2D eigenvalue weighted by atomic mass is 9.99. The van der Waals surface area contributed by atoms with Crippen LogP contribution in [0.25, 0.3) is 0 Å². The van der Waals surface area contributed by atoms with Gasteiger partial charge in [0.25, 0.3) is 15.9 Å². The highest BCUT2D eigenvalue weighted by atomic mass is 32.2. The lowest BCUT2D eigenvalue weighted by Gasteiger charge is -2.38. The number of thiophene rings is 1. The van der Waals surface area contributed by atoms with Crippen molar-refractivity contribution < 1.29 is 27.9 Å². The van der Waals surface area contributed by atoms with Crippen molar-refractivity contribution in [1.82, 2.24) is 14.5 Å². The molecule has 3 atom stereocenters. The normalized spacial score (nSPS) is 19.3. The highest BCUT2D eigenvalue weighted by Gasteiger charge is 2.35. The van der Waals surface area contributed by atoms with Crippen LogP contribution in [-0.4, -0.2) is 79.6 Å². The van der Waals surface area contributed by atoms with Gasteiger partial charge in [-0.15, -0.1) is 11.3 Å². The number of benzene rings is 1. The maximum atomic E-state index is 13.5. The van der Waals surface area contributed by atoms with Crippen molar-refractivity contribution in [2.45, 2.75) is 50.1 Å². The Bertz CT molecular complexity index is 1170. The maximum absolute atomic E-state index is 13.5. The minimum absolute atomic E-state index is 0.0627. The molecule has 3 amide bonds. The number of anilines is 1. The van der Waals surface area contributed by atoms with E-state index < -0.39 is 28.2 Å². The van der Waals surface area contributed by atoms with Gasteiger partial charge in [0.1, 0.15) is 16.1 Å². The zero-order chi connectivity index (χ0) is 26.6. The number of nitrogens with one attached hydrogen (secondary N) is 2. The van der Waals surface area contributed by atoms with Gasteiger partial charge >= 0.3 is 6.03 Å². The van der Waals surface area contributed by atoms with Gasteiger partial charge in [0.15, 0.2) is 0 Å². The lowest BCUT2D eigenvalue weighted by molar-refractivity contribution is 0.0387. The number of likely N-dealkylation sites (N-methyl/N-ethyl adjacent to an activating group) is 1. The number of amides is 3. The molecular weight excluding hydrogens is 504 g/mol. The fraction of sp³-hybridized carbons (Fsp3) is 0.500. The van der Waals surface area contributed by atoms with Gasteiger partial charge in [-0.25, -0.2) is 13.2 Å². The molecule has 198 valence electrons. The van der Waals surface area contributed by atoms with Crippen LogP contribution in [-0.2, 0) is 10.0 Å². The summed E-state index contributed by atoms with van der Waals surface area (Å²) in [5.74, 6) is -0.306. The van der Waals surface area contributed by atoms with E-state index in [2.05, 4.69) is 10.6 Å². The second-order valence-corrected chi connectivity index (χ2v) is 12.5. The van der Waals surface area contributed by atoms with Crippen molar-refractivity contribution in [2.75, 3.05) is 32.1 Å². The molecule has 0 spiro atoms. The van der Waals surface area contributed by atoms with Crippen molar-refractivity contribution in [3.63, 3.8) is 0 Å². The Morgan fingerprint density at radius 2 is 2.03 bits per heavy atom. The first kappa shape index (κ1) is 27.9. The second kappa shape index (κ2) is 11.6. The van der Waals surface area contributed by atoms with Crippen LogP contribution < -0.4 is 15.4 Å². The quantitative estimate of drug-likeness (QED) is 0.474. The average Bonchev–Trinajstić information content (AvgIpc) is 3.36. The number of ether oxygens (including phenoxy) is 1. The van der Waals surface area contributed by atoms with Gasteiger partial charge in [-0.3, -0.25) is 4.79 Å². The van der Waals surface area contributed by atoms with Crippen LogP contribution in [0.5, 0.6) is 5.75 Å². The number of aliphatic hydroxyl groups excluding tert-OH is 1. The van der Waals surface area contributed by atoms with Crippen molar-refractivity contribution in [1.29, 1.82) is 0 Å². The first-order chi connectivity index (χ1) is 16.9. The monoisotopic (exact) mass is 538 g/mol. The van der Waals surface area contributed by atoms with E-state index in [1.54, 1.807) is 41.5 Å². The zero-order valence-corrected chi connectivity index (χ0v) is 22.7. The molecule has 0 bridgehead atoms. The average molecular weight is 539 g/mol. The summed E-state index contributed by atoms with van der Waals surface area (Å²) in [4.78, 5) is 27.2. The molecule has 0 radical (unpaired) electrons. The number of carbonyl (C=O) groups is 2. The van der Waals surface area contributed by atoms with E-state index in [0.29, 0.717) is 5.69 Å². The van der Waals surface area contributed by atoms with Gasteiger partial charge in [-0.05, 0) is 50.4 Å². The molecule has 0 unspecified atom stereocenters. The van der Waals surface area contributed by atoms with E-state index in [-0.39, 0.29) is 53.1 Å². The van der Waals surface area contributed by atoms with Crippen molar-refractivity contribution in [3.05, 3.63) is 41.3 Å². The Balaban J connectivity index is 1.94. The Morgan fingerprint density at radius 3 is 2.64 bits per heavy atom. The molecule has 10 nitrogen and oxygen atoms in total. The zero-order valence-electron chi connectivity index (χ0n) is 21.1. The summed E-state index contributed by atoms with van der Waals surface area (Å²) in [5, 5.41) is 17.0. The number of hydrogen-bond donors (Lipinski definition) is 3. The molecular formula is C24H34N4O6S2. The summed E-state index contributed by atoms with van der Waals surface area (Å²) in [6.45, 7) is 7.38. The Kier molecular flexibility index (Phi) is 8.98. The molecule has 2 aromatic rings. The standard InChI is InChI=1S/C24H34N4O6S2/c1-15(2)25-24(31)26-18-8-9-20-19(11-18)23(30)28(17(4)14-29)12-16(3)21(34-20)13-27(5)36(32,33)22-7-6-10-35-22/h6-11,15-17,21,29H,12-14H2,1-5H3,(H2,25,26,31)/t16-,17+,21+/m0/s1. The summed E-state index contributed by atoms with van der Waals surface area (Å²) in [7, 11) is -2.19. The van der Waals surface area contributed by atoms with Crippen LogP contribution in [0.15, 0.2) is 39.9 Å². The van der Waals surface area contributed by atoms with Gasteiger partial charge in [0, 0.05) is 31.2 Å². The molecule has 36 heavy (non-hydrogen) atoms. The second-order valence-electron chi connectivity index (χ2n) is 9.30. The smallest absolute Gasteiger partial charge is 0.319 e. The maximum Gasteiger partial charge on any atom is 0.319 e. The predicted molar refractivity (Wildman–Crippen MR) is 139 cm³/mol. The SMILES string of the molecule is CC(C)NC(=O)Nc1ccc2c(c1)C(=O)N([C@H](C)CO)C[C@H](C)[C@@H](CN(C)S(=O)(=O)c1cccs1)O2. The highest BCUT2D eigenvalue weighted by Crippen LogP contribution is 2.31. The molecule has 1 aromatic carbocycles. The number of rotatable bonds is 8. The number of aliphatic hydroxyl groups is 1. The molecule has 3 rings (SSSR count). The third-order valence-electron chi connectivity index (χ3n) is 5.94. The van der Waals surface area contributed by atoms with Gasteiger partial charge in [0.2, 0.25) is 0 Å². The fourth-order valence-corrected chi connectivity index (χ4v) is 6.25. The molecule has 0 aliphatic carbocycles. The lowest BCUT2D eigenvalue weighted by Crippen LogP contribution is -2.50. The Labute approximate surface area is 216 Å². The summed E-state index contributed by atoms with van der Waals surface area (Å²) >= 11 is 1.14. The van der Waals surface area contributed by atoms with Crippen LogP contribution in [0.2, 0.25) is 0 Å². The molecule has 0 saturated heterocycles. The molecule has 3 N–H and O–H groups in total. The van der Waals surface area contributed by atoms with Crippen molar-refractivity contribution >= 4 is 39.0 Å². The predicted octanol–water partition coefficient (Wildman–Crippen LogP) is 2.82. The highest BCUT2D eigenvalue weighted by molar-refractivity contribution is 7.91. The first-order valence-corrected chi connectivity index (χ1v) is 14.1. The molecule has 1 aromatic heterocycles. The van der Waals surface area contributed by atoms with Gasteiger partial charge in [0.05, 0.1) is 24.8 Å². The van der Waals surface area contributed by atoms with Crippen molar-refractivity contribution in [2.24, 2.45) is 5.92 Å².